The van der Waals surface area contributed by atoms with Gasteiger partial charge in [0.15, 0.2) is 11.5 Å². The van der Waals surface area contributed by atoms with Gasteiger partial charge in [-0.25, -0.2) is 4.79 Å². The zero-order valence-electron chi connectivity index (χ0n) is 14.0. The molecule has 0 spiro atoms. The van der Waals surface area contributed by atoms with Crippen molar-refractivity contribution in [1.82, 2.24) is 5.32 Å². The highest BCUT2D eigenvalue weighted by Gasteiger charge is 2.15. The molecule has 1 aliphatic rings. The normalized spacial score (nSPS) is 12.2. The molecule has 2 heterocycles. The Kier molecular flexibility index (Phi) is 4.72. The molecule has 4 rings (SSSR count). The van der Waals surface area contributed by atoms with Gasteiger partial charge in [-0.3, -0.25) is 4.79 Å². The molecule has 7 nitrogen and oxygen atoms in total. The van der Waals surface area contributed by atoms with Gasteiger partial charge in [-0.2, -0.15) is 0 Å². The summed E-state index contributed by atoms with van der Waals surface area (Å²) in [5.41, 5.74) is -0.311. The van der Waals surface area contributed by atoms with Crippen LogP contribution >= 0.6 is 15.9 Å². The average molecular weight is 432 g/mol. The lowest BCUT2D eigenvalue weighted by atomic mass is 10.2. The summed E-state index contributed by atoms with van der Waals surface area (Å²) in [6, 6.07) is 12.0. The average Bonchev–Trinajstić information content (AvgIpc) is 3.12. The number of benzene rings is 2. The number of amides is 1. The predicted octanol–water partition coefficient (Wildman–Crippen LogP) is 3.09. The van der Waals surface area contributed by atoms with E-state index in [1.54, 1.807) is 36.4 Å². The minimum absolute atomic E-state index is 0.0521. The highest BCUT2D eigenvalue weighted by molar-refractivity contribution is 9.10. The minimum atomic E-state index is -0.681. The minimum Gasteiger partial charge on any atom is -0.492 e. The van der Waals surface area contributed by atoms with E-state index in [9.17, 15) is 9.59 Å². The van der Waals surface area contributed by atoms with E-state index in [-0.39, 0.29) is 25.5 Å². The number of hydrogen-bond acceptors (Lipinski definition) is 6. The molecule has 1 amide bonds. The van der Waals surface area contributed by atoms with Gasteiger partial charge in [0.25, 0.3) is 5.91 Å². The van der Waals surface area contributed by atoms with Crippen molar-refractivity contribution in [3.05, 3.63) is 62.9 Å². The molecule has 2 aromatic carbocycles. The Hall–Kier alpha value is -3.00. The topological polar surface area (TPSA) is 87.0 Å². The Morgan fingerprint density at radius 2 is 1.96 bits per heavy atom. The second-order valence-corrected chi connectivity index (χ2v) is 6.66. The first-order valence-corrected chi connectivity index (χ1v) is 8.93. The Balaban J connectivity index is 1.37. The second kappa shape index (κ2) is 7.32. The molecule has 0 atom stereocenters. The smallest absolute Gasteiger partial charge is 0.349 e. The highest BCUT2D eigenvalue weighted by atomic mass is 79.9. The lowest BCUT2D eigenvalue weighted by Gasteiger charge is -2.08. The fraction of sp³-hybridized carbons (Fsp3) is 0.158. The predicted molar refractivity (Wildman–Crippen MR) is 101 cm³/mol. The number of ether oxygens (including phenoxy) is 3. The summed E-state index contributed by atoms with van der Waals surface area (Å²) in [7, 11) is 0. The molecule has 138 valence electrons. The first-order chi connectivity index (χ1) is 13.1. The molecule has 1 aliphatic heterocycles. The molecule has 0 saturated carbocycles. The monoisotopic (exact) mass is 431 g/mol. The highest BCUT2D eigenvalue weighted by Crippen LogP contribution is 2.34. The molecule has 0 aliphatic carbocycles. The number of hydrogen-bond donors (Lipinski definition) is 1. The second-order valence-electron chi connectivity index (χ2n) is 5.75. The van der Waals surface area contributed by atoms with Crippen LogP contribution in [-0.4, -0.2) is 25.9 Å². The van der Waals surface area contributed by atoms with Crippen molar-refractivity contribution in [3.8, 4) is 17.2 Å². The van der Waals surface area contributed by atoms with Gasteiger partial charge in [-0.15, -0.1) is 0 Å². The number of carbonyl (C=O) groups is 1. The van der Waals surface area contributed by atoms with Gasteiger partial charge < -0.3 is 23.9 Å². The summed E-state index contributed by atoms with van der Waals surface area (Å²) >= 11 is 3.35. The standard InChI is InChI=1S/C19H14BrNO6/c20-12-1-3-15-11(7-12)8-14(19(23)27-15)18(22)21-5-6-24-13-2-4-16-17(9-13)26-10-25-16/h1-4,7-9H,5-6,10H2,(H,21,22). The Labute approximate surface area is 162 Å². The summed E-state index contributed by atoms with van der Waals surface area (Å²) in [5.74, 6) is 1.38. The summed E-state index contributed by atoms with van der Waals surface area (Å²) < 4.78 is 22.1. The van der Waals surface area contributed by atoms with Crippen LogP contribution in [0.15, 0.2) is 56.1 Å². The molecule has 27 heavy (non-hydrogen) atoms. The van der Waals surface area contributed by atoms with Crippen LogP contribution < -0.4 is 25.2 Å². The van der Waals surface area contributed by atoms with Crippen molar-refractivity contribution in [2.45, 2.75) is 0 Å². The third-order valence-electron chi connectivity index (χ3n) is 3.94. The summed E-state index contributed by atoms with van der Waals surface area (Å²) in [5, 5.41) is 3.31. The van der Waals surface area contributed by atoms with Crippen molar-refractivity contribution in [3.63, 3.8) is 0 Å². The van der Waals surface area contributed by atoms with Crippen LogP contribution in [0, 0.1) is 0 Å². The van der Waals surface area contributed by atoms with Crippen molar-refractivity contribution < 1.29 is 23.4 Å². The van der Waals surface area contributed by atoms with Crippen molar-refractivity contribution >= 4 is 32.8 Å². The molecule has 0 saturated heterocycles. The zero-order valence-corrected chi connectivity index (χ0v) is 15.6. The van der Waals surface area contributed by atoms with Gasteiger partial charge in [-0.05, 0) is 36.4 Å². The molecule has 0 unspecified atom stereocenters. The van der Waals surface area contributed by atoms with Crippen molar-refractivity contribution in [2.24, 2.45) is 0 Å². The largest absolute Gasteiger partial charge is 0.492 e. The van der Waals surface area contributed by atoms with E-state index in [0.717, 1.165) is 4.47 Å². The maximum Gasteiger partial charge on any atom is 0.349 e. The fourth-order valence-electron chi connectivity index (χ4n) is 2.65. The summed E-state index contributed by atoms with van der Waals surface area (Å²) in [4.78, 5) is 24.3. The molecular weight excluding hydrogens is 418 g/mol. The Morgan fingerprint density at radius 1 is 1.11 bits per heavy atom. The molecule has 8 heteroatoms. The zero-order chi connectivity index (χ0) is 18.8. The third-order valence-corrected chi connectivity index (χ3v) is 4.43. The van der Waals surface area contributed by atoms with Gasteiger partial charge in [0.2, 0.25) is 6.79 Å². The summed E-state index contributed by atoms with van der Waals surface area (Å²) in [6.07, 6.45) is 0. The van der Waals surface area contributed by atoms with Crippen molar-refractivity contribution in [1.29, 1.82) is 0 Å². The van der Waals surface area contributed by atoms with Gasteiger partial charge in [0.05, 0.1) is 6.54 Å². The van der Waals surface area contributed by atoms with Gasteiger partial charge in [0.1, 0.15) is 23.5 Å². The van der Waals surface area contributed by atoms with Gasteiger partial charge >= 0.3 is 5.63 Å². The summed E-state index contributed by atoms with van der Waals surface area (Å²) in [6.45, 7) is 0.652. The van der Waals surface area contributed by atoms with Crippen LogP contribution in [0.4, 0.5) is 0 Å². The molecule has 1 aromatic heterocycles. The SMILES string of the molecule is O=C(NCCOc1ccc2c(c1)OCO2)c1cc2cc(Br)ccc2oc1=O. The van der Waals surface area contributed by atoms with Crippen LogP contribution in [0.5, 0.6) is 17.2 Å². The van der Waals surface area contributed by atoms with E-state index in [2.05, 4.69) is 21.2 Å². The first kappa shape index (κ1) is 17.4. The quantitative estimate of drug-likeness (QED) is 0.493. The number of carbonyl (C=O) groups excluding carboxylic acids is 1. The Bertz CT molecular complexity index is 1080. The molecular formula is C19H14BrNO6. The first-order valence-electron chi connectivity index (χ1n) is 8.14. The van der Waals surface area contributed by atoms with E-state index in [1.807, 2.05) is 0 Å². The fourth-order valence-corrected chi connectivity index (χ4v) is 3.03. The van der Waals surface area contributed by atoms with Gasteiger partial charge in [-0.1, -0.05) is 15.9 Å². The van der Waals surface area contributed by atoms with Crippen LogP contribution in [0.1, 0.15) is 10.4 Å². The van der Waals surface area contributed by atoms with E-state index in [0.29, 0.717) is 28.2 Å². The van der Waals surface area contributed by atoms with Gasteiger partial charge in [0, 0.05) is 15.9 Å². The van der Waals surface area contributed by atoms with E-state index in [4.69, 9.17) is 18.6 Å². The number of rotatable bonds is 5. The number of fused-ring (bicyclic) bond motifs is 2. The van der Waals surface area contributed by atoms with Crippen molar-refractivity contribution in [2.75, 3.05) is 19.9 Å². The number of nitrogens with one attached hydrogen (secondary N) is 1. The van der Waals surface area contributed by atoms with E-state index < -0.39 is 11.5 Å². The van der Waals surface area contributed by atoms with E-state index in [1.165, 1.54) is 6.07 Å². The van der Waals surface area contributed by atoms with Crippen LogP contribution in [0.2, 0.25) is 0 Å². The van der Waals surface area contributed by atoms with E-state index >= 15 is 0 Å². The lowest BCUT2D eigenvalue weighted by Crippen LogP contribution is -2.31. The third kappa shape index (κ3) is 3.75. The van der Waals surface area contributed by atoms with Crippen LogP contribution in [0.3, 0.4) is 0 Å². The molecule has 0 fully saturated rings. The molecule has 3 aromatic rings. The maximum absolute atomic E-state index is 12.3. The Morgan fingerprint density at radius 3 is 2.85 bits per heavy atom. The van der Waals surface area contributed by atoms with Crippen LogP contribution in [-0.2, 0) is 0 Å². The maximum atomic E-state index is 12.3. The lowest BCUT2D eigenvalue weighted by molar-refractivity contribution is 0.0943. The van der Waals surface area contributed by atoms with Crippen LogP contribution in [0.25, 0.3) is 11.0 Å². The molecule has 0 bridgehead atoms. The number of halogens is 1. The molecule has 1 N–H and O–H groups in total. The molecule has 0 radical (unpaired) electrons.